The number of nitriles is 1. The van der Waals surface area contributed by atoms with Gasteiger partial charge in [0.25, 0.3) is 0 Å². The number of aliphatic hydroxyl groups excluding tert-OH is 2. The Morgan fingerprint density at radius 3 is 2.33 bits per heavy atom. The van der Waals surface area contributed by atoms with Crippen LogP contribution in [-0.2, 0) is 4.79 Å². The number of nitrogens with zero attached hydrogens (tertiary/aromatic N) is 1. The van der Waals surface area contributed by atoms with Crippen molar-refractivity contribution < 1.29 is 24.9 Å². The number of rotatable bonds is 10. The summed E-state index contributed by atoms with van der Waals surface area (Å²) in [6.45, 7) is 1.66. The van der Waals surface area contributed by atoms with Gasteiger partial charge in [0.2, 0.25) is 6.10 Å². The summed E-state index contributed by atoms with van der Waals surface area (Å²) in [7, 11) is 0. The largest absolute Gasteiger partial charge is 0.481 e. The van der Waals surface area contributed by atoms with Gasteiger partial charge in [0.05, 0.1) is 6.61 Å². The second kappa shape index (κ2) is 14.5. The molecule has 24 heavy (non-hydrogen) atoms. The molecule has 6 heteroatoms. The fraction of sp³-hybridized carbons (Fsp3) is 0.556. The highest BCUT2D eigenvalue weighted by molar-refractivity contribution is 5.66. The van der Waals surface area contributed by atoms with Gasteiger partial charge in [-0.15, -0.1) is 0 Å². The maximum absolute atomic E-state index is 10.0. The molecule has 2 unspecified atom stereocenters. The molecule has 2 atom stereocenters. The number of benzene rings is 1. The molecule has 0 spiro atoms. The summed E-state index contributed by atoms with van der Waals surface area (Å²) in [5, 5.41) is 34.7. The molecule has 0 bridgehead atoms. The van der Waals surface area contributed by atoms with Gasteiger partial charge in [0, 0.05) is 6.42 Å². The average Bonchev–Trinajstić information content (AvgIpc) is 2.60. The first-order valence-corrected chi connectivity index (χ1v) is 8.17. The number of unbranched alkanes of at least 4 members (excludes halogenated alkanes) is 4. The van der Waals surface area contributed by atoms with Crippen LogP contribution >= 0.6 is 0 Å². The van der Waals surface area contributed by atoms with E-state index in [1.54, 1.807) is 30.3 Å². The van der Waals surface area contributed by atoms with Crippen LogP contribution in [0.5, 0.6) is 5.75 Å². The first-order chi connectivity index (χ1) is 11.5. The van der Waals surface area contributed by atoms with Crippen LogP contribution in [0, 0.1) is 11.3 Å². The minimum absolute atomic E-state index is 0.337. The first-order valence-electron chi connectivity index (χ1n) is 8.17. The van der Waals surface area contributed by atoms with Gasteiger partial charge in [-0.05, 0) is 18.6 Å². The Morgan fingerprint density at radius 1 is 1.21 bits per heavy atom. The van der Waals surface area contributed by atoms with Crippen LogP contribution in [0.4, 0.5) is 0 Å². The quantitative estimate of drug-likeness (QED) is 0.566. The predicted octanol–water partition coefficient (Wildman–Crippen LogP) is 2.74. The molecule has 0 saturated carbocycles. The van der Waals surface area contributed by atoms with Crippen molar-refractivity contribution in [2.75, 3.05) is 6.61 Å². The minimum Gasteiger partial charge on any atom is -0.481 e. The number of carboxylic acids is 1. The van der Waals surface area contributed by atoms with Crippen LogP contribution in [0.3, 0.4) is 0 Å². The van der Waals surface area contributed by atoms with Crippen LogP contribution in [0.25, 0.3) is 0 Å². The Kier molecular flexibility index (Phi) is 13.2. The molecule has 1 rings (SSSR count). The number of aliphatic hydroxyl groups is 2. The van der Waals surface area contributed by atoms with Crippen molar-refractivity contribution in [3.05, 3.63) is 30.3 Å². The molecule has 3 N–H and O–H groups in total. The van der Waals surface area contributed by atoms with Gasteiger partial charge < -0.3 is 20.1 Å². The summed E-state index contributed by atoms with van der Waals surface area (Å²) in [5.74, 6) is -0.178. The van der Waals surface area contributed by atoms with Gasteiger partial charge in [-0.2, -0.15) is 5.26 Å². The Labute approximate surface area is 143 Å². The molecular formula is C18H27NO5. The number of para-hydroxylation sites is 1. The summed E-state index contributed by atoms with van der Waals surface area (Å²) in [6.07, 6.45) is 3.66. The molecule has 1 aromatic rings. The van der Waals surface area contributed by atoms with E-state index >= 15 is 0 Å². The van der Waals surface area contributed by atoms with Crippen LogP contribution in [0.2, 0.25) is 0 Å². The Balaban J connectivity index is 0.000000470. The van der Waals surface area contributed by atoms with E-state index in [0.717, 1.165) is 12.8 Å². The fourth-order valence-electron chi connectivity index (χ4n) is 1.81. The lowest BCUT2D eigenvalue weighted by Gasteiger charge is -2.15. The molecule has 0 fully saturated rings. The first kappa shape index (κ1) is 21.9. The van der Waals surface area contributed by atoms with E-state index in [1.165, 1.54) is 19.3 Å². The molecule has 0 aromatic heterocycles. The van der Waals surface area contributed by atoms with Crippen molar-refractivity contribution in [2.24, 2.45) is 0 Å². The Bertz CT molecular complexity index is 472. The third-order valence-corrected chi connectivity index (χ3v) is 3.16. The molecule has 0 heterocycles. The third-order valence-electron chi connectivity index (χ3n) is 3.16. The topological polar surface area (TPSA) is 111 Å². The highest BCUT2D eigenvalue weighted by Gasteiger charge is 2.19. The molecule has 0 saturated heterocycles. The highest BCUT2D eigenvalue weighted by atomic mass is 16.5. The maximum atomic E-state index is 10.0. The standard InChI is InChI=1S/C10H11NO3.C8H16O2/c11-6-10(9(13)7-12)14-8-4-2-1-3-5-8;1-2-3-4-5-6-7-8(9)10/h1-5,9-10,12-13H,7H2;2-7H2,1H3,(H,9,10). The molecule has 6 nitrogen and oxygen atoms in total. The molecular weight excluding hydrogens is 310 g/mol. The van der Waals surface area contributed by atoms with E-state index in [0.29, 0.717) is 12.2 Å². The van der Waals surface area contributed by atoms with Crippen LogP contribution in [0.15, 0.2) is 30.3 Å². The SMILES string of the molecule is CCCCCCCC(=O)O.N#CC(Oc1ccccc1)C(O)CO. The lowest BCUT2D eigenvalue weighted by molar-refractivity contribution is -0.137. The van der Waals surface area contributed by atoms with Crippen LogP contribution < -0.4 is 4.74 Å². The van der Waals surface area contributed by atoms with Gasteiger partial charge in [0.15, 0.2) is 0 Å². The normalized spacial score (nSPS) is 12.2. The lowest BCUT2D eigenvalue weighted by Crippen LogP contribution is -2.33. The van der Waals surface area contributed by atoms with Crippen molar-refractivity contribution in [2.45, 2.75) is 57.7 Å². The Morgan fingerprint density at radius 2 is 1.83 bits per heavy atom. The number of hydrogen-bond acceptors (Lipinski definition) is 5. The zero-order valence-electron chi connectivity index (χ0n) is 14.1. The average molecular weight is 337 g/mol. The lowest BCUT2D eigenvalue weighted by atomic mass is 10.1. The Hall–Kier alpha value is -2.10. The van der Waals surface area contributed by atoms with Crippen molar-refractivity contribution in [3.63, 3.8) is 0 Å². The number of hydrogen-bond donors (Lipinski definition) is 3. The molecule has 0 amide bonds. The van der Waals surface area contributed by atoms with E-state index < -0.39 is 24.8 Å². The van der Waals surface area contributed by atoms with E-state index in [-0.39, 0.29) is 0 Å². The predicted molar refractivity (Wildman–Crippen MR) is 90.6 cm³/mol. The molecule has 0 aliphatic heterocycles. The van der Waals surface area contributed by atoms with E-state index in [4.69, 9.17) is 20.2 Å². The minimum atomic E-state index is -1.18. The van der Waals surface area contributed by atoms with Gasteiger partial charge >= 0.3 is 5.97 Å². The zero-order chi connectivity index (χ0) is 18.2. The maximum Gasteiger partial charge on any atom is 0.303 e. The van der Waals surface area contributed by atoms with Crippen molar-refractivity contribution in [1.82, 2.24) is 0 Å². The number of ether oxygens (including phenoxy) is 1. The second-order valence-electron chi connectivity index (χ2n) is 5.29. The monoisotopic (exact) mass is 337 g/mol. The molecule has 1 aromatic carbocycles. The van der Waals surface area contributed by atoms with E-state index in [2.05, 4.69) is 6.92 Å². The second-order valence-corrected chi connectivity index (χ2v) is 5.29. The van der Waals surface area contributed by atoms with Crippen molar-refractivity contribution >= 4 is 5.97 Å². The van der Waals surface area contributed by atoms with Crippen LogP contribution in [-0.4, -0.2) is 40.1 Å². The highest BCUT2D eigenvalue weighted by Crippen LogP contribution is 2.12. The van der Waals surface area contributed by atoms with Gasteiger partial charge in [-0.25, -0.2) is 0 Å². The summed E-state index contributed by atoms with van der Waals surface area (Å²) >= 11 is 0. The van der Waals surface area contributed by atoms with E-state index in [9.17, 15) is 9.90 Å². The summed E-state index contributed by atoms with van der Waals surface area (Å²) < 4.78 is 5.15. The summed E-state index contributed by atoms with van der Waals surface area (Å²) in [5.41, 5.74) is 0. The van der Waals surface area contributed by atoms with E-state index in [1.807, 2.05) is 6.07 Å². The van der Waals surface area contributed by atoms with Crippen molar-refractivity contribution in [3.8, 4) is 11.8 Å². The molecule has 134 valence electrons. The number of carbonyl (C=O) groups is 1. The van der Waals surface area contributed by atoms with Gasteiger partial charge in [-0.3, -0.25) is 4.79 Å². The zero-order valence-corrected chi connectivity index (χ0v) is 14.1. The molecule has 0 aliphatic carbocycles. The number of aliphatic carboxylic acids is 1. The summed E-state index contributed by atoms with van der Waals surface area (Å²) in [6, 6.07) is 10.5. The molecule has 0 radical (unpaired) electrons. The third kappa shape index (κ3) is 11.5. The smallest absolute Gasteiger partial charge is 0.303 e. The van der Waals surface area contributed by atoms with Crippen LogP contribution in [0.1, 0.15) is 45.4 Å². The molecule has 0 aliphatic rings. The van der Waals surface area contributed by atoms with Gasteiger partial charge in [0.1, 0.15) is 17.9 Å². The van der Waals surface area contributed by atoms with Crippen molar-refractivity contribution in [1.29, 1.82) is 5.26 Å². The fourth-order valence-corrected chi connectivity index (χ4v) is 1.81. The number of carboxylic acid groups (broad SMARTS) is 1. The summed E-state index contributed by atoms with van der Waals surface area (Å²) in [4.78, 5) is 10.0. The van der Waals surface area contributed by atoms with Gasteiger partial charge in [-0.1, -0.05) is 50.8 Å².